The lowest BCUT2D eigenvalue weighted by atomic mass is 9.93. The summed E-state index contributed by atoms with van der Waals surface area (Å²) in [6.07, 6.45) is 9.46. The van der Waals surface area contributed by atoms with Gasteiger partial charge in [-0.05, 0) is 74.0 Å². The molecule has 3 heterocycles. The van der Waals surface area contributed by atoms with E-state index in [4.69, 9.17) is 14.5 Å². The predicted molar refractivity (Wildman–Crippen MR) is 175 cm³/mol. The summed E-state index contributed by atoms with van der Waals surface area (Å²) in [7, 11) is 0. The number of carbonyl (C=O) groups excluding carboxylic acids is 2. The van der Waals surface area contributed by atoms with Crippen molar-refractivity contribution in [1.29, 1.82) is 0 Å². The lowest BCUT2D eigenvalue weighted by Crippen LogP contribution is -2.36. The predicted octanol–water partition coefficient (Wildman–Crippen LogP) is 4.97. The first-order valence-corrected chi connectivity index (χ1v) is 16.8. The molecule has 1 aliphatic heterocycles. The molecule has 11 nitrogen and oxygen atoms in total. The van der Waals surface area contributed by atoms with Crippen LogP contribution in [0, 0.1) is 5.41 Å². The van der Waals surface area contributed by atoms with Gasteiger partial charge in [0.2, 0.25) is 11.8 Å². The molecule has 0 aromatic carbocycles. The zero-order valence-corrected chi connectivity index (χ0v) is 27.8. The summed E-state index contributed by atoms with van der Waals surface area (Å²) in [6.45, 7) is 10.0. The maximum absolute atomic E-state index is 13.3. The number of aryl methyl sites for hydroxylation is 3. The zero-order chi connectivity index (χ0) is 32.9. The van der Waals surface area contributed by atoms with Crippen LogP contribution in [0.15, 0.2) is 30.5 Å². The minimum atomic E-state index is -0.978. The Hall–Kier alpha value is -3.73. The molecule has 0 saturated carbocycles. The molecular weight excluding hydrogens is 586 g/mol. The molecule has 1 aliphatic carbocycles. The number of ether oxygens (including phenoxy) is 2. The van der Waals surface area contributed by atoms with Crippen molar-refractivity contribution in [1.82, 2.24) is 25.1 Å². The van der Waals surface area contributed by atoms with Gasteiger partial charge < -0.3 is 29.7 Å². The van der Waals surface area contributed by atoms with Crippen molar-refractivity contribution >= 4 is 17.9 Å². The van der Waals surface area contributed by atoms with E-state index in [9.17, 15) is 19.5 Å². The van der Waals surface area contributed by atoms with E-state index >= 15 is 0 Å². The van der Waals surface area contributed by atoms with Gasteiger partial charge in [-0.3, -0.25) is 14.6 Å². The van der Waals surface area contributed by atoms with Crippen LogP contribution in [0.1, 0.15) is 94.3 Å². The number of hydrogen-bond acceptors (Lipinski definition) is 7. The van der Waals surface area contributed by atoms with Crippen molar-refractivity contribution in [2.24, 2.45) is 5.41 Å². The summed E-state index contributed by atoms with van der Waals surface area (Å²) >= 11 is 0. The zero-order valence-electron chi connectivity index (χ0n) is 27.8. The molecule has 3 amide bonds. The largest absolute Gasteiger partial charge is 0.481 e. The number of amides is 3. The highest BCUT2D eigenvalue weighted by atomic mass is 16.5. The monoisotopic (exact) mass is 637 g/mol. The van der Waals surface area contributed by atoms with Gasteiger partial charge in [0.1, 0.15) is 0 Å². The minimum absolute atomic E-state index is 0.0517. The van der Waals surface area contributed by atoms with Gasteiger partial charge in [0.05, 0.1) is 25.7 Å². The van der Waals surface area contributed by atoms with Crippen LogP contribution in [-0.2, 0) is 33.6 Å². The Bertz CT molecular complexity index is 1300. The van der Waals surface area contributed by atoms with Crippen LogP contribution in [0.4, 0.5) is 4.79 Å². The molecule has 0 unspecified atom stereocenters. The number of pyridine rings is 2. The van der Waals surface area contributed by atoms with Gasteiger partial charge in [-0.25, -0.2) is 9.78 Å². The highest BCUT2D eigenvalue weighted by Gasteiger charge is 2.35. The Morgan fingerprint density at radius 1 is 1.04 bits per heavy atom. The van der Waals surface area contributed by atoms with Gasteiger partial charge in [0.15, 0.2) is 0 Å². The molecule has 1 fully saturated rings. The third-order valence-corrected chi connectivity index (χ3v) is 8.48. The maximum Gasteiger partial charge on any atom is 0.320 e. The topological polar surface area (TPSA) is 134 Å². The number of carbonyl (C=O) groups is 3. The molecule has 11 heteroatoms. The van der Waals surface area contributed by atoms with Gasteiger partial charge in [0, 0.05) is 62.9 Å². The molecule has 0 spiro atoms. The van der Waals surface area contributed by atoms with Crippen LogP contribution in [-0.4, -0.2) is 88.8 Å². The first-order valence-electron chi connectivity index (χ1n) is 16.8. The SMILES string of the molecule is CC(C)(C)CCOCCC(=O)NCCCOc1ccc([C@H](CC(=O)O)N2CCN(CCCc3ccc4c(n3)CCCC4)C2=O)cn1. The van der Waals surface area contributed by atoms with Crippen LogP contribution >= 0.6 is 0 Å². The van der Waals surface area contributed by atoms with Crippen LogP contribution in [0.5, 0.6) is 5.88 Å². The summed E-state index contributed by atoms with van der Waals surface area (Å²) in [5, 5.41) is 12.5. The van der Waals surface area contributed by atoms with E-state index < -0.39 is 12.0 Å². The second-order valence-corrected chi connectivity index (χ2v) is 13.5. The third-order valence-electron chi connectivity index (χ3n) is 8.48. The van der Waals surface area contributed by atoms with Crippen LogP contribution in [0.2, 0.25) is 0 Å². The smallest absolute Gasteiger partial charge is 0.320 e. The summed E-state index contributed by atoms with van der Waals surface area (Å²) < 4.78 is 11.3. The number of aromatic nitrogens is 2. The number of urea groups is 1. The van der Waals surface area contributed by atoms with E-state index in [1.54, 1.807) is 28.1 Å². The lowest BCUT2D eigenvalue weighted by Gasteiger charge is -2.27. The Kier molecular flexibility index (Phi) is 13.2. The first kappa shape index (κ1) is 35.1. The number of carboxylic acids is 1. The summed E-state index contributed by atoms with van der Waals surface area (Å²) in [4.78, 5) is 49.8. The van der Waals surface area contributed by atoms with E-state index in [1.807, 2.05) is 0 Å². The molecule has 2 aromatic rings. The first-order chi connectivity index (χ1) is 22.1. The molecule has 0 bridgehead atoms. The number of carboxylic acid groups (broad SMARTS) is 1. The fraction of sp³-hybridized carbons (Fsp3) is 0.629. The highest BCUT2D eigenvalue weighted by molar-refractivity contribution is 5.78. The van der Waals surface area contributed by atoms with Crippen LogP contribution in [0.25, 0.3) is 0 Å². The Morgan fingerprint density at radius 2 is 1.87 bits per heavy atom. The number of nitrogens with one attached hydrogen (secondary N) is 1. The number of hydrogen-bond donors (Lipinski definition) is 2. The van der Waals surface area contributed by atoms with Gasteiger partial charge in [-0.1, -0.05) is 32.9 Å². The average Bonchev–Trinajstić information content (AvgIpc) is 3.38. The van der Waals surface area contributed by atoms with Crippen LogP contribution < -0.4 is 10.1 Å². The van der Waals surface area contributed by atoms with E-state index in [0.29, 0.717) is 70.3 Å². The lowest BCUT2D eigenvalue weighted by molar-refractivity contribution is -0.138. The van der Waals surface area contributed by atoms with E-state index in [1.165, 1.54) is 24.1 Å². The summed E-state index contributed by atoms with van der Waals surface area (Å²) in [5.41, 5.74) is 4.52. The molecule has 2 aromatic heterocycles. The minimum Gasteiger partial charge on any atom is -0.481 e. The number of nitrogens with zero attached hydrogens (tertiary/aromatic N) is 4. The van der Waals surface area contributed by atoms with Crippen molar-refractivity contribution in [3.05, 3.63) is 53.0 Å². The molecular formula is C35H51N5O6. The quantitative estimate of drug-likeness (QED) is 0.219. The fourth-order valence-corrected chi connectivity index (χ4v) is 5.77. The van der Waals surface area contributed by atoms with E-state index in [0.717, 1.165) is 37.8 Å². The number of aliphatic carboxylic acids is 1. The Morgan fingerprint density at radius 3 is 2.63 bits per heavy atom. The molecule has 252 valence electrons. The van der Waals surface area contributed by atoms with Crippen molar-refractivity contribution in [3.8, 4) is 5.88 Å². The summed E-state index contributed by atoms with van der Waals surface area (Å²) in [5.74, 6) is -0.626. The second kappa shape index (κ2) is 17.3. The van der Waals surface area contributed by atoms with Gasteiger partial charge in [0.25, 0.3) is 0 Å². The molecule has 2 aliphatic rings. The highest BCUT2D eigenvalue weighted by Crippen LogP contribution is 2.29. The van der Waals surface area contributed by atoms with E-state index in [-0.39, 0.29) is 23.8 Å². The molecule has 1 atom stereocenters. The third kappa shape index (κ3) is 11.3. The fourth-order valence-electron chi connectivity index (χ4n) is 5.77. The van der Waals surface area contributed by atoms with Crippen molar-refractivity contribution in [2.75, 3.05) is 46.0 Å². The van der Waals surface area contributed by atoms with Crippen LogP contribution in [0.3, 0.4) is 0 Å². The Balaban J connectivity index is 1.18. The van der Waals surface area contributed by atoms with Crippen molar-refractivity contribution in [3.63, 3.8) is 0 Å². The number of fused-ring (bicyclic) bond motifs is 1. The average molecular weight is 638 g/mol. The Labute approximate surface area is 273 Å². The molecule has 0 radical (unpaired) electrons. The maximum atomic E-state index is 13.3. The molecule has 2 N–H and O–H groups in total. The molecule has 4 rings (SSSR count). The van der Waals surface area contributed by atoms with Gasteiger partial charge in [-0.15, -0.1) is 0 Å². The second-order valence-electron chi connectivity index (χ2n) is 13.5. The van der Waals surface area contributed by atoms with Gasteiger partial charge >= 0.3 is 12.0 Å². The van der Waals surface area contributed by atoms with E-state index in [2.05, 4.69) is 43.2 Å². The van der Waals surface area contributed by atoms with Crippen molar-refractivity contribution in [2.45, 2.75) is 91.0 Å². The number of rotatable bonds is 18. The standard InChI is InChI=1S/C35H51N5O6/c1-35(2,3)16-23-45-22-15-31(41)36-17-7-21-46-32-14-12-27(25-37-32)30(24-33(42)43)40-20-19-39(34(40)44)18-6-9-28-13-11-26-8-4-5-10-29(26)38-28/h11-14,25,30H,4-10,15-24H2,1-3H3,(H,36,41)(H,42,43)/t30-/m0/s1. The van der Waals surface area contributed by atoms with Gasteiger partial charge in [-0.2, -0.15) is 0 Å². The van der Waals surface area contributed by atoms with Crippen molar-refractivity contribution < 1.29 is 29.0 Å². The summed E-state index contributed by atoms with van der Waals surface area (Å²) in [6, 6.07) is 7.01. The molecule has 1 saturated heterocycles. The normalized spacial score (nSPS) is 15.5. The molecule has 46 heavy (non-hydrogen) atoms.